The lowest BCUT2D eigenvalue weighted by atomic mass is 9.69. The van der Waals surface area contributed by atoms with E-state index in [4.69, 9.17) is 11.6 Å². The molecule has 7 heteroatoms. The van der Waals surface area contributed by atoms with E-state index in [0.717, 1.165) is 11.1 Å². The van der Waals surface area contributed by atoms with Crippen LogP contribution in [0.5, 0.6) is 0 Å². The molecule has 160 valence electrons. The van der Waals surface area contributed by atoms with Gasteiger partial charge in [-0.15, -0.1) is 0 Å². The van der Waals surface area contributed by atoms with Crippen molar-refractivity contribution in [2.75, 3.05) is 4.90 Å². The summed E-state index contributed by atoms with van der Waals surface area (Å²) in [5, 5.41) is 12.3. The van der Waals surface area contributed by atoms with Crippen molar-refractivity contribution < 1.29 is 14.5 Å². The van der Waals surface area contributed by atoms with E-state index in [1.165, 1.54) is 11.0 Å². The van der Waals surface area contributed by atoms with Gasteiger partial charge in [0, 0.05) is 41.1 Å². The van der Waals surface area contributed by atoms with Crippen LogP contribution in [0.3, 0.4) is 0 Å². The average Bonchev–Trinajstić information content (AvgIpc) is 2.67. The summed E-state index contributed by atoms with van der Waals surface area (Å²) >= 11 is 6.03. The number of halogens is 1. The first-order chi connectivity index (χ1) is 14.6. The van der Waals surface area contributed by atoms with Gasteiger partial charge in [0.05, 0.1) is 4.92 Å². The summed E-state index contributed by atoms with van der Waals surface area (Å²) in [6.45, 7) is 5.73. The zero-order chi connectivity index (χ0) is 22.5. The number of carbonyl (C=O) groups excluding carboxylic acids is 2. The number of nitro groups is 1. The zero-order valence-corrected chi connectivity index (χ0v) is 18.4. The summed E-state index contributed by atoms with van der Waals surface area (Å²) in [5.74, 6) is -0.654. The Balaban J connectivity index is 1.94. The number of rotatable bonds is 3. The second kappa shape index (κ2) is 7.61. The van der Waals surface area contributed by atoms with Gasteiger partial charge in [-0.05, 0) is 48.1 Å². The number of anilines is 1. The summed E-state index contributed by atoms with van der Waals surface area (Å²) < 4.78 is 0. The summed E-state index contributed by atoms with van der Waals surface area (Å²) in [6, 6.07) is 12.0. The third-order valence-corrected chi connectivity index (χ3v) is 6.24. The van der Waals surface area contributed by atoms with Crippen molar-refractivity contribution in [2.24, 2.45) is 5.41 Å². The molecule has 0 aromatic heterocycles. The van der Waals surface area contributed by atoms with Crippen LogP contribution in [0.15, 0.2) is 53.7 Å². The normalized spacial score (nSPS) is 20.6. The fraction of sp³-hybridized carbons (Fsp3) is 0.333. The smallest absolute Gasteiger partial charge is 0.293 e. The second-order valence-electron chi connectivity index (χ2n) is 9.09. The van der Waals surface area contributed by atoms with Crippen molar-refractivity contribution in [2.45, 2.75) is 46.0 Å². The first-order valence-electron chi connectivity index (χ1n) is 10.2. The van der Waals surface area contributed by atoms with Crippen LogP contribution in [0.1, 0.15) is 50.2 Å². The molecule has 1 unspecified atom stereocenters. The number of aryl methyl sites for hydroxylation is 1. The van der Waals surface area contributed by atoms with Crippen LogP contribution in [-0.4, -0.2) is 16.6 Å². The second-order valence-corrected chi connectivity index (χ2v) is 9.52. The number of nitro benzene ring substituents is 1. The Kier molecular flexibility index (Phi) is 5.21. The number of nitrogens with zero attached hydrogens (tertiary/aromatic N) is 2. The van der Waals surface area contributed by atoms with Crippen molar-refractivity contribution in [3.8, 4) is 0 Å². The molecule has 0 saturated carbocycles. The Morgan fingerprint density at radius 2 is 1.77 bits per heavy atom. The number of benzene rings is 2. The van der Waals surface area contributed by atoms with E-state index in [0.29, 0.717) is 29.1 Å². The molecule has 2 aliphatic rings. The predicted molar refractivity (Wildman–Crippen MR) is 119 cm³/mol. The highest BCUT2D eigenvalue weighted by Crippen LogP contribution is 2.49. The molecule has 1 amide bonds. The van der Waals surface area contributed by atoms with E-state index in [-0.39, 0.29) is 40.8 Å². The molecule has 1 heterocycles. The number of amides is 1. The molecule has 0 fully saturated rings. The lowest BCUT2D eigenvalue weighted by molar-refractivity contribution is -0.384. The molecule has 0 bridgehead atoms. The number of hydrogen-bond acceptors (Lipinski definition) is 4. The van der Waals surface area contributed by atoms with Crippen LogP contribution in [0.25, 0.3) is 0 Å². The molecule has 1 atom stereocenters. The largest absolute Gasteiger partial charge is 0.294 e. The van der Waals surface area contributed by atoms with Gasteiger partial charge in [0.2, 0.25) is 5.91 Å². The van der Waals surface area contributed by atoms with Crippen molar-refractivity contribution >= 4 is 34.7 Å². The van der Waals surface area contributed by atoms with E-state index in [1.807, 2.05) is 26.0 Å². The summed E-state index contributed by atoms with van der Waals surface area (Å²) in [7, 11) is 0. The minimum Gasteiger partial charge on any atom is -0.294 e. The highest BCUT2D eigenvalue weighted by atomic mass is 35.5. The summed E-state index contributed by atoms with van der Waals surface area (Å²) in [4.78, 5) is 39.4. The number of hydrogen-bond donors (Lipinski definition) is 0. The van der Waals surface area contributed by atoms with Gasteiger partial charge in [0.1, 0.15) is 5.69 Å². The fourth-order valence-electron chi connectivity index (χ4n) is 4.64. The van der Waals surface area contributed by atoms with Crippen molar-refractivity contribution in [1.82, 2.24) is 0 Å². The minimum atomic E-state index is -0.475. The number of allylic oxidation sites excluding steroid dienone is 2. The molecule has 1 aliphatic heterocycles. The molecule has 1 aliphatic carbocycles. The monoisotopic (exact) mass is 438 g/mol. The molecule has 6 nitrogen and oxygen atoms in total. The Morgan fingerprint density at radius 3 is 2.42 bits per heavy atom. The van der Waals surface area contributed by atoms with Crippen LogP contribution in [0.2, 0.25) is 5.02 Å². The van der Waals surface area contributed by atoms with Gasteiger partial charge in [0.25, 0.3) is 5.69 Å². The molecule has 4 rings (SSSR count). The highest BCUT2D eigenvalue weighted by Gasteiger charge is 2.45. The molecular formula is C24H23ClN2O4. The zero-order valence-electron chi connectivity index (χ0n) is 17.6. The van der Waals surface area contributed by atoms with Crippen LogP contribution < -0.4 is 4.90 Å². The lowest BCUT2D eigenvalue weighted by Crippen LogP contribution is -2.44. The molecule has 31 heavy (non-hydrogen) atoms. The van der Waals surface area contributed by atoms with E-state index >= 15 is 0 Å². The van der Waals surface area contributed by atoms with Crippen LogP contribution >= 0.6 is 11.6 Å². The SMILES string of the molecule is Cc1ccc(N2C(=O)CC(c3ccc(Cl)cc3)C3=C2CC(C)(C)CC3=O)c([N+](=O)[O-])c1. The van der Waals surface area contributed by atoms with Gasteiger partial charge in [-0.1, -0.05) is 43.6 Å². The first kappa shape index (κ1) is 21.2. The fourth-order valence-corrected chi connectivity index (χ4v) is 4.77. The summed E-state index contributed by atoms with van der Waals surface area (Å²) in [6.07, 6.45) is 0.917. The number of ketones is 1. The molecule has 0 spiro atoms. The molecule has 2 aromatic carbocycles. The van der Waals surface area contributed by atoms with Gasteiger partial charge in [-0.3, -0.25) is 24.6 Å². The van der Waals surface area contributed by atoms with E-state index < -0.39 is 4.92 Å². The molecule has 0 radical (unpaired) electrons. The van der Waals surface area contributed by atoms with Crippen LogP contribution in [-0.2, 0) is 9.59 Å². The van der Waals surface area contributed by atoms with Crippen molar-refractivity contribution in [3.05, 3.63) is 80.0 Å². The number of carbonyl (C=O) groups is 2. The highest BCUT2D eigenvalue weighted by molar-refractivity contribution is 6.30. The van der Waals surface area contributed by atoms with Gasteiger partial charge < -0.3 is 0 Å². The maximum atomic E-state index is 13.4. The van der Waals surface area contributed by atoms with Gasteiger partial charge in [-0.25, -0.2) is 0 Å². The number of Topliss-reactive ketones (excluding diaryl/α,β-unsaturated/α-hetero) is 1. The Morgan fingerprint density at radius 1 is 1.10 bits per heavy atom. The Labute approximate surface area is 185 Å². The maximum absolute atomic E-state index is 13.4. The third-order valence-electron chi connectivity index (χ3n) is 5.98. The van der Waals surface area contributed by atoms with E-state index in [9.17, 15) is 19.7 Å². The van der Waals surface area contributed by atoms with Gasteiger partial charge in [-0.2, -0.15) is 0 Å². The lowest BCUT2D eigenvalue weighted by Gasteiger charge is -2.42. The topological polar surface area (TPSA) is 80.5 Å². The summed E-state index contributed by atoms with van der Waals surface area (Å²) in [5.41, 5.74) is 2.45. The van der Waals surface area contributed by atoms with Crippen LogP contribution in [0, 0.1) is 22.5 Å². The molecule has 0 N–H and O–H groups in total. The standard InChI is InChI=1S/C24H23ClN2O4/c1-14-4-9-18(19(10-14)27(30)31)26-20-12-24(2,3)13-21(28)23(20)17(11-22(26)29)15-5-7-16(25)8-6-15/h4-10,17H,11-13H2,1-3H3. The molecular weight excluding hydrogens is 416 g/mol. The van der Waals surface area contributed by atoms with Gasteiger partial charge >= 0.3 is 0 Å². The third kappa shape index (κ3) is 3.88. The Bertz CT molecular complexity index is 1130. The van der Waals surface area contributed by atoms with Crippen LogP contribution in [0.4, 0.5) is 11.4 Å². The maximum Gasteiger partial charge on any atom is 0.293 e. The molecule has 0 saturated heterocycles. The van der Waals surface area contributed by atoms with E-state index in [2.05, 4.69) is 0 Å². The minimum absolute atomic E-state index is 0.0153. The average molecular weight is 439 g/mol. The Hall–Kier alpha value is -2.99. The van der Waals surface area contributed by atoms with E-state index in [1.54, 1.807) is 31.2 Å². The van der Waals surface area contributed by atoms with Gasteiger partial charge in [0.15, 0.2) is 5.78 Å². The quantitative estimate of drug-likeness (QED) is 0.453. The molecule has 2 aromatic rings. The predicted octanol–water partition coefficient (Wildman–Crippen LogP) is 5.72. The first-order valence-corrected chi connectivity index (χ1v) is 10.5. The van der Waals surface area contributed by atoms with Crippen molar-refractivity contribution in [3.63, 3.8) is 0 Å². The van der Waals surface area contributed by atoms with Crippen molar-refractivity contribution in [1.29, 1.82) is 0 Å².